The maximum Gasteiger partial charge on any atom is 0.319 e. The van der Waals surface area contributed by atoms with Crippen molar-refractivity contribution >= 4 is 11.7 Å². The van der Waals surface area contributed by atoms with Gasteiger partial charge in [0.2, 0.25) is 0 Å². The molecule has 1 aliphatic rings. The van der Waals surface area contributed by atoms with E-state index in [2.05, 4.69) is 43.4 Å². The van der Waals surface area contributed by atoms with E-state index < -0.39 is 0 Å². The number of carbonyl (C=O) groups is 1. The van der Waals surface area contributed by atoms with Gasteiger partial charge >= 0.3 is 6.03 Å². The molecule has 122 valence electrons. The molecular weight excluding hydrogens is 278 g/mol. The van der Waals surface area contributed by atoms with Crippen LogP contribution in [0.5, 0.6) is 0 Å². The first-order chi connectivity index (χ1) is 10.3. The van der Waals surface area contributed by atoms with E-state index in [0.717, 1.165) is 30.9 Å². The van der Waals surface area contributed by atoms with Gasteiger partial charge in [-0.1, -0.05) is 32.9 Å². The van der Waals surface area contributed by atoms with E-state index in [1.165, 1.54) is 0 Å². The Labute approximate surface area is 133 Å². The molecular formula is C17H27N3O2. The molecule has 0 aromatic heterocycles. The Hall–Kier alpha value is -1.59. The average molecular weight is 305 g/mol. The molecule has 5 heteroatoms. The molecule has 0 aliphatic carbocycles. The number of rotatable bonds is 3. The number of anilines is 1. The first-order valence-corrected chi connectivity index (χ1v) is 7.78. The van der Waals surface area contributed by atoms with Crippen molar-refractivity contribution in [1.29, 1.82) is 0 Å². The van der Waals surface area contributed by atoms with Crippen LogP contribution in [-0.4, -0.2) is 44.2 Å². The van der Waals surface area contributed by atoms with Crippen LogP contribution in [0.15, 0.2) is 24.3 Å². The lowest BCUT2D eigenvalue weighted by molar-refractivity contribution is -0.0208. The van der Waals surface area contributed by atoms with Gasteiger partial charge in [0.25, 0.3) is 0 Å². The molecule has 2 rings (SSSR count). The van der Waals surface area contributed by atoms with Crippen LogP contribution in [0, 0.1) is 5.41 Å². The van der Waals surface area contributed by atoms with Crippen molar-refractivity contribution in [3.8, 4) is 0 Å². The summed E-state index contributed by atoms with van der Waals surface area (Å²) < 4.78 is 5.79. The number of likely N-dealkylation sites (N-methyl/N-ethyl adjacent to an activating group) is 1. The van der Waals surface area contributed by atoms with Crippen LogP contribution in [0.25, 0.3) is 0 Å². The molecule has 1 unspecified atom stereocenters. The van der Waals surface area contributed by atoms with E-state index in [4.69, 9.17) is 4.74 Å². The molecule has 1 aromatic rings. The minimum Gasteiger partial charge on any atom is -0.371 e. The number of morpholine rings is 1. The van der Waals surface area contributed by atoms with E-state index in [1.807, 2.05) is 24.3 Å². The number of urea groups is 1. The van der Waals surface area contributed by atoms with E-state index in [-0.39, 0.29) is 17.6 Å². The normalized spacial score (nSPS) is 19.7. The Morgan fingerprint density at radius 1 is 1.32 bits per heavy atom. The van der Waals surface area contributed by atoms with Crippen LogP contribution in [0.4, 0.5) is 10.5 Å². The first kappa shape index (κ1) is 16.8. The Morgan fingerprint density at radius 3 is 2.59 bits per heavy atom. The fourth-order valence-electron chi connectivity index (χ4n) is 2.28. The molecule has 1 saturated heterocycles. The summed E-state index contributed by atoms with van der Waals surface area (Å²) in [5.74, 6) is 0. The molecule has 0 saturated carbocycles. The highest BCUT2D eigenvalue weighted by atomic mass is 16.5. The standard InChI is InChI=1S/C17H27N3O2/c1-17(2,3)12-18-16(21)19-14-7-5-13(6-8-14)15-11-20(4)9-10-22-15/h5-8,15H,9-12H2,1-4H3,(H2,18,19,21). The summed E-state index contributed by atoms with van der Waals surface area (Å²) in [5.41, 5.74) is 2.01. The van der Waals surface area contributed by atoms with Crippen LogP contribution in [0.2, 0.25) is 0 Å². The summed E-state index contributed by atoms with van der Waals surface area (Å²) in [7, 11) is 2.10. The second-order valence-electron chi connectivity index (χ2n) is 7.11. The lowest BCUT2D eigenvalue weighted by atomic mass is 9.97. The Bertz CT molecular complexity index is 494. The van der Waals surface area contributed by atoms with Crippen molar-refractivity contribution in [3.05, 3.63) is 29.8 Å². The number of hydrogen-bond donors (Lipinski definition) is 2. The number of nitrogens with one attached hydrogen (secondary N) is 2. The van der Waals surface area contributed by atoms with Crippen molar-refractivity contribution < 1.29 is 9.53 Å². The molecule has 1 aromatic carbocycles. The highest BCUT2D eigenvalue weighted by Gasteiger charge is 2.19. The highest BCUT2D eigenvalue weighted by Crippen LogP contribution is 2.23. The predicted molar refractivity (Wildman–Crippen MR) is 89.1 cm³/mol. The van der Waals surface area contributed by atoms with Crippen LogP contribution in [0.1, 0.15) is 32.4 Å². The molecule has 1 aliphatic heterocycles. The SMILES string of the molecule is CN1CCOC(c2ccc(NC(=O)NCC(C)(C)C)cc2)C1. The Kier molecular flexibility index (Phi) is 5.42. The third kappa shape index (κ3) is 5.31. The summed E-state index contributed by atoms with van der Waals surface area (Å²) in [6.45, 7) is 9.54. The molecule has 1 heterocycles. The molecule has 1 fully saturated rings. The maximum absolute atomic E-state index is 11.8. The number of benzene rings is 1. The third-order valence-electron chi connectivity index (χ3n) is 3.59. The number of carbonyl (C=O) groups excluding carboxylic acids is 1. The van der Waals surface area contributed by atoms with Gasteiger partial charge in [-0.05, 0) is 30.2 Å². The Morgan fingerprint density at radius 2 is 2.00 bits per heavy atom. The average Bonchev–Trinajstić information content (AvgIpc) is 2.45. The molecule has 0 bridgehead atoms. The molecule has 1 atom stereocenters. The zero-order chi connectivity index (χ0) is 16.2. The van der Waals surface area contributed by atoms with Gasteiger partial charge in [-0.15, -0.1) is 0 Å². The zero-order valence-electron chi connectivity index (χ0n) is 14.0. The fraction of sp³-hybridized carbons (Fsp3) is 0.588. The van der Waals surface area contributed by atoms with E-state index in [1.54, 1.807) is 0 Å². The van der Waals surface area contributed by atoms with Gasteiger partial charge < -0.3 is 20.3 Å². The lowest BCUT2D eigenvalue weighted by Crippen LogP contribution is -2.35. The minimum atomic E-state index is -0.170. The number of amides is 2. The second kappa shape index (κ2) is 7.11. The van der Waals surface area contributed by atoms with Crippen LogP contribution in [-0.2, 0) is 4.74 Å². The lowest BCUT2D eigenvalue weighted by Gasteiger charge is -2.30. The number of hydrogen-bond acceptors (Lipinski definition) is 3. The third-order valence-corrected chi connectivity index (χ3v) is 3.59. The summed E-state index contributed by atoms with van der Waals surface area (Å²) >= 11 is 0. The fourth-order valence-corrected chi connectivity index (χ4v) is 2.28. The monoisotopic (exact) mass is 305 g/mol. The summed E-state index contributed by atoms with van der Waals surface area (Å²) in [4.78, 5) is 14.1. The highest BCUT2D eigenvalue weighted by molar-refractivity contribution is 5.89. The van der Waals surface area contributed by atoms with Crippen molar-refractivity contribution in [3.63, 3.8) is 0 Å². The molecule has 0 spiro atoms. The van der Waals surface area contributed by atoms with Gasteiger partial charge in [-0.25, -0.2) is 4.79 Å². The maximum atomic E-state index is 11.8. The molecule has 22 heavy (non-hydrogen) atoms. The number of nitrogens with zero attached hydrogens (tertiary/aromatic N) is 1. The minimum absolute atomic E-state index is 0.0749. The van der Waals surface area contributed by atoms with Crippen molar-refractivity contribution in [2.75, 3.05) is 38.6 Å². The largest absolute Gasteiger partial charge is 0.371 e. The van der Waals surface area contributed by atoms with Gasteiger partial charge in [-0.2, -0.15) is 0 Å². The second-order valence-corrected chi connectivity index (χ2v) is 7.11. The smallest absolute Gasteiger partial charge is 0.319 e. The molecule has 2 amide bonds. The van der Waals surface area contributed by atoms with Gasteiger partial charge in [0.15, 0.2) is 0 Å². The Balaban J connectivity index is 1.87. The summed E-state index contributed by atoms with van der Waals surface area (Å²) in [6.07, 6.45) is 0.113. The molecule has 0 radical (unpaired) electrons. The van der Waals surface area contributed by atoms with Crippen LogP contribution >= 0.6 is 0 Å². The van der Waals surface area contributed by atoms with Crippen molar-refractivity contribution in [2.24, 2.45) is 5.41 Å². The molecule has 5 nitrogen and oxygen atoms in total. The van der Waals surface area contributed by atoms with Gasteiger partial charge in [-0.3, -0.25) is 0 Å². The number of ether oxygens (including phenoxy) is 1. The van der Waals surface area contributed by atoms with Crippen molar-refractivity contribution in [1.82, 2.24) is 10.2 Å². The first-order valence-electron chi connectivity index (χ1n) is 7.78. The topological polar surface area (TPSA) is 53.6 Å². The van der Waals surface area contributed by atoms with Gasteiger partial charge in [0.1, 0.15) is 0 Å². The predicted octanol–water partition coefficient (Wildman–Crippen LogP) is 2.86. The van der Waals surface area contributed by atoms with Gasteiger partial charge in [0, 0.05) is 25.3 Å². The van der Waals surface area contributed by atoms with Gasteiger partial charge in [0.05, 0.1) is 12.7 Å². The van der Waals surface area contributed by atoms with E-state index >= 15 is 0 Å². The summed E-state index contributed by atoms with van der Waals surface area (Å²) in [6, 6.07) is 7.71. The van der Waals surface area contributed by atoms with E-state index in [0.29, 0.717) is 6.54 Å². The van der Waals surface area contributed by atoms with Crippen LogP contribution in [0.3, 0.4) is 0 Å². The summed E-state index contributed by atoms with van der Waals surface area (Å²) in [5, 5.41) is 5.73. The van der Waals surface area contributed by atoms with E-state index in [9.17, 15) is 4.79 Å². The zero-order valence-corrected chi connectivity index (χ0v) is 14.0. The van der Waals surface area contributed by atoms with Crippen molar-refractivity contribution in [2.45, 2.75) is 26.9 Å². The quantitative estimate of drug-likeness (QED) is 0.903. The van der Waals surface area contributed by atoms with Crippen LogP contribution < -0.4 is 10.6 Å². The molecule has 2 N–H and O–H groups in total.